The van der Waals surface area contributed by atoms with Crippen LogP contribution in [0.2, 0.25) is 0 Å². The first-order chi connectivity index (χ1) is 10.8. The predicted molar refractivity (Wildman–Crippen MR) is 103 cm³/mol. The molecule has 0 unspecified atom stereocenters. The molecule has 1 atom stereocenters. The van der Waals surface area contributed by atoms with Crippen molar-refractivity contribution in [3.8, 4) is 0 Å². The van der Waals surface area contributed by atoms with Gasteiger partial charge in [-0.3, -0.25) is 4.79 Å². The summed E-state index contributed by atoms with van der Waals surface area (Å²) in [5.74, 6) is -0.123. The summed E-state index contributed by atoms with van der Waals surface area (Å²) in [5, 5.41) is 5.79. The van der Waals surface area contributed by atoms with Gasteiger partial charge in [0.05, 0.1) is 0 Å². The van der Waals surface area contributed by atoms with Gasteiger partial charge in [0.2, 0.25) is 9.70 Å². The van der Waals surface area contributed by atoms with Crippen LogP contribution < -0.4 is 10.6 Å². The minimum Gasteiger partial charge on any atom is -0.362 e. The summed E-state index contributed by atoms with van der Waals surface area (Å²) >= 11 is 21.3. The lowest BCUT2D eigenvalue weighted by Gasteiger charge is -2.27. The smallest absolute Gasteiger partial charge is 0.228 e. The van der Waals surface area contributed by atoms with Crippen LogP contribution in [0.3, 0.4) is 0 Å². The zero-order valence-corrected chi connectivity index (χ0v) is 16.9. The summed E-state index contributed by atoms with van der Waals surface area (Å²) in [6, 6.07) is 7.41. The van der Waals surface area contributed by atoms with Crippen LogP contribution in [0.5, 0.6) is 0 Å². The highest BCUT2D eigenvalue weighted by Gasteiger charge is 2.33. The summed E-state index contributed by atoms with van der Waals surface area (Å²) in [6.07, 6.45) is 5.05. The third kappa shape index (κ3) is 9.04. The molecular weight excluding hydrogens is 422 g/mol. The summed E-state index contributed by atoms with van der Waals surface area (Å²) < 4.78 is -0.699. The van der Waals surface area contributed by atoms with Gasteiger partial charge in [0.15, 0.2) is 0 Å². The van der Waals surface area contributed by atoms with E-state index in [4.69, 9.17) is 34.8 Å². The molecule has 23 heavy (non-hydrogen) atoms. The van der Waals surface area contributed by atoms with Gasteiger partial charge in [-0.25, -0.2) is 0 Å². The average molecular weight is 445 g/mol. The number of amides is 1. The Morgan fingerprint density at radius 1 is 1.13 bits per heavy atom. The van der Waals surface area contributed by atoms with E-state index in [1.54, 1.807) is 0 Å². The number of nitrogens with one attached hydrogen (secondary N) is 2. The zero-order chi connectivity index (χ0) is 17.3. The fraction of sp³-hybridized carbons (Fsp3) is 0.562. The first-order valence-electron chi connectivity index (χ1n) is 7.71. The highest BCUT2D eigenvalue weighted by molar-refractivity contribution is 9.10. The van der Waals surface area contributed by atoms with Crippen LogP contribution in [0.4, 0.5) is 5.69 Å². The molecule has 0 fully saturated rings. The van der Waals surface area contributed by atoms with E-state index in [0.29, 0.717) is 6.42 Å². The Bertz CT molecular complexity index is 477. The monoisotopic (exact) mass is 442 g/mol. The molecule has 0 heterocycles. The van der Waals surface area contributed by atoms with Crippen LogP contribution in [-0.2, 0) is 4.79 Å². The number of rotatable bonds is 9. The Kier molecular flexibility index (Phi) is 9.67. The molecule has 0 spiro atoms. The number of anilines is 1. The third-order valence-corrected chi connectivity index (χ3v) is 4.48. The lowest BCUT2D eigenvalue weighted by Crippen LogP contribution is -2.49. The molecule has 7 heteroatoms. The summed E-state index contributed by atoms with van der Waals surface area (Å²) in [4.78, 5) is 12.0. The third-order valence-electron chi connectivity index (χ3n) is 3.30. The number of hydrogen-bond acceptors (Lipinski definition) is 2. The Morgan fingerprint density at radius 3 is 2.30 bits per heavy atom. The van der Waals surface area contributed by atoms with Crippen molar-refractivity contribution in [3.05, 3.63) is 28.7 Å². The van der Waals surface area contributed by atoms with Gasteiger partial charge in [-0.05, 0) is 30.7 Å². The van der Waals surface area contributed by atoms with E-state index >= 15 is 0 Å². The van der Waals surface area contributed by atoms with E-state index in [1.165, 1.54) is 12.8 Å². The SMILES string of the molecule is CCCCCCCC(=O)N[C@H](Nc1ccc(Br)cc1)C(Cl)(Cl)Cl. The summed E-state index contributed by atoms with van der Waals surface area (Å²) in [6.45, 7) is 2.16. The molecule has 1 aromatic carbocycles. The van der Waals surface area contributed by atoms with Crippen molar-refractivity contribution in [1.29, 1.82) is 0 Å². The topological polar surface area (TPSA) is 41.1 Å². The second-order valence-electron chi connectivity index (χ2n) is 5.36. The molecule has 1 amide bonds. The van der Waals surface area contributed by atoms with Crippen LogP contribution in [-0.4, -0.2) is 15.9 Å². The van der Waals surface area contributed by atoms with Crippen LogP contribution in [0.1, 0.15) is 45.4 Å². The Labute approximate surface area is 161 Å². The van der Waals surface area contributed by atoms with E-state index < -0.39 is 9.96 Å². The van der Waals surface area contributed by atoms with Gasteiger partial charge >= 0.3 is 0 Å². The number of hydrogen-bond donors (Lipinski definition) is 2. The second kappa shape index (κ2) is 10.7. The lowest BCUT2D eigenvalue weighted by atomic mass is 10.1. The Balaban J connectivity index is 2.51. The van der Waals surface area contributed by atoms with E-state index in [-0.39, 0.29) is 5.91 Å². The molecule has 130 valence electrons. The lowest BCUT2D eigenvalue weighted by molar-refractivity contribution is -0.121. The quantitative estimate of drug-likeness (QED) is 0.277. The largest absolute Gasteiger partial charge is 0.362 e. The number of carbonyl (C=O) groups is 1. The molecule has 0 aromatic heterocycles. The molecule has 0 aliphatic carbocycles. The minimum atomic E-state index is -1.65. The molecule has 2 N–H and O–H groups in total. The van der Waals surface area contributed by atoms with Crippen molar-refractivity contribution < 1.29 is 4.79 Å². The minimum absolute atomic E-state index is 0.123. The predicted octanol–water partition coefficient (Wildman–Crippen LogP) is 6.03. The number of alkyl halides is 3. The maximum Gasteiger partial charge on any atom is 0.228 e. The zero-order valence-electron chi connectivity index (χ0n) is 13.0. The number of halogens is 4. The number of benzene rings is 1. The van der Waals surface area contributed by atoms with E-state index in [1.807, 2.05) is 24.3 Å². The molecule has 1 aromatic rings. The summed E-state index contributed by atoms with van der Waals surface area (Å²) in [5.41, 5.74) is 0.757. The molecule has 0 radical (unpaired) electrons. The van der Waals surface area contributed by atoms with Crippen molar-refractivity contribution in [2.45, 2.75) is 55.4 Å². The van der Waals surface area contributed by atoms with Crippen molar-refractivity contribution in [2.75, 3.05) is 5.32 Å². The molecule has 0 bridgehead atoms. The molecule has 0 aliphatic heterocycles. The van der Waals surface area contributed by atoms with E-state index in [0.717, 1.165) is 29.4 Å². The van der Waals surface area contributed by atoms with Crippen molar-refractivity contribution in [2.24, 2.45) is 0 Å². The van der Waals surface area contributed by atoms with E-state index in [2.05, 4.69) is 33.5 Å². The van der Waals surface area contributed by atoms with Gasteiger partial charge in [-0.2, -0.15) is 0 Å². The van der Waals surface area contributed by atoms with Crippen molar-refractivity contribution >= 4 is 62.3 Å². The maximum absolute atomic E-state index is 12.0. The van der Waals surface area contributed by atoms with E-state index in [9.17, 15) is 4.79 Å². The molecule has 3 nitrogen and oxygen atoms in total. The van der Waals surface area contributed by atoms with Crippen molar-refractivity contribution in [1.82, 2.24) is 5.32 Å². The van der Waals surface area contributed by atoms with Gasteiger partial charge in [0, 0.05) is 16.6 Å². The second-order valence-corrected chi connectivity index (χ2v) is 8.64. The number of unbranched alkanes of at least 4 members (excludes halogenated alkanes) is 4. The molecule has 1 rings (SSSR count). The van der Waals surface area contributed by atoms with Crippen molar-refractivity contribution in [3.63, 3.8) is 0 Å². The van der Waals surface area contributed by atoms with Gasteiger partial charge < -0.3 is 10.6 Å². The Hall–Kier alpha value is -0.160. The van der Waals surface area contributed by atoms with Crippen LogP contribution in [0, 0.1) is 0 Å². The normalized spacial score (nSPS) is 12.7. The van der Waals surface area contributed by atoms with Gasteiger partial charge in [0.1, 0.15) is 6.17 Å². The van der Waals surface area contributed by atoms with Gasteiger partial charge in [-0.1, -0.05) is 83.3 Å². The van der Waals surface area contributed by atoms with Crippen LogP contribution in [0.25, 0.3) is 0 Å². The first-order valence-corrected chi connectivity index (χ1v) is 9.63. The van der Waals surface area contributed by atoms with Gasteiger partial charge in [0.25, 0.3) is 0 Å². The highest BCUT2D eigenvalue weighted by Crippen LogP contribution is 2.31. The van der Waals surface area contributed by atoms with Gasteiger partial charge in [-0.15, -0.1) is 0 Å². The molecule has 0 saturated heterocycles. The Morgan fingerprint density at radius 2 is 1.74 bits per heavy atom. The standard InChI is InChI=1S/C16H22BrCl3N2O/c1-2-3-4-5-6-7-14(23)22-15(16(18,19)20)21-13-10-8-12(17)9-11-13/h8-11,15,21H,2-7H2,1H3,(H,22,23)/t15-/m0/s1. The number of carbonyl (C=O) groups excluding carboxylic acids is 1. The molecule has 0 saturated carbocycles. The fourth-order valence-corrected chi connectivity index (χ4v) is 2.63. The maximum atomic E-state index is 12.0. The summed E-state index contributed by atoms with van der Waals surface area (Å²) in [7, 11) is 0. The van der Waals surface area contributed by atoms with Crippen LogP contribution >= 0.6 is 50.7 Å². The fourth-order valence-electron chi connectivity index (χ4n) is 2.03. The molecular formula is C16H22BrCl3N2O. The highest BCUT2D eigenvalue weighted by atomic mass is 79.9. The molecule has 0 aliphatic rings. The average Bonchev–Trinajstić information content (AvgIpc) is 2.47. The first kappa shape index (κ1) is 20.9. The van der Waals surface area contributed by atoms with Crippen LogP contribution in [0.15, 0.2) is 28.7 Å².